The highest BCUT2D eigenvalue weighted by Crippen LogP contribution is 2.41. The van der Waals surface area contributed by atoms with Gasteiger partial charge in [0.2, 0.25) is 11.5 Å². The number of ether oxygens (including phenoxy) is 12. The quantitative estimate of drug-likeness (QED) is 0.103. The Hall–Kier alpha value is -3.08. The molecule has 0 aromatic heterocycles. The lowest BCUT2D eigenvalue weighted by Gasteiger charge is -2.29. The highest BCUT2D eigenvalue weighted by molar-refractivity contribution is 5.55. The lowest BCUT2D eigenvalue weighted by molar-refractivity contribution is -0.00431. The number of aliphatic hydroxyl groups is 2. The molecule has 0 spiro atoms. The topological polar surface area (TPSA) is 151 Å². The summed E-state index contributed by atoms with van der Waals surface area (Å²) in [6.45, 7) is 5.10. The van der Waals surface area contributed by atoms with Crippen LogP contribution in [0.1, 0.15) is 24.0 Å². The van der Waals surface area contributed by atoms with Crippen LogP contribution in [-0.4, -0.2) is 145 Å². The highest BCUT2D eigenvalue weighted by Gasteiger charge is 2.26. The number of benzene rings is 2. The van der Waals surface area contributed by atoms with E-state index in [0.29, 0.717) is 120 Å². The molecule has 298 valence electrons. The molecule has 52 heavy (non-hydrogen) atoms. The van der Waals surface area contributed by atoms with Crippen molar-refractivity contribution >= 4 is 0 Å². The molecule has 2 aromatic rings. The summed E-state index contributed by atoms with van der Waals surface area (Å²) in [6.07, 6.45) is 3.06. The minimum atomic E-state index is -0.0170. The summed E-state index contributed by atoms with van der Waals surface area (Å²) in [4.78, 5) is 0. The first-order valence-corrected chi connectivity index (χ1v) is 17.8. The second kappa shape index (κ2) is 28.4. The van der Waals surface area contributed by atoms with Gasteiger partial charge in [0, 0.05) is 6.61 Å². The summed E-state index contributed by atoms with van der Waals surface area (Å²) in [5.74, 6) is 3.66. The Morgan fingerprint density at radius 1 is 0.423 bits per heavy atom. The fraction of sp³-hybridized carbons (Fsp3) is 0.684. The van der Waals surface area contributed by atoms with Crippen LogP contribution in [0.5, 0.6) is 34.5 Å². The Balaban J connectivity index is 2.28. The van der Waals surface area contributed by atoms with E-state index in [2.05, 4.69) is 0 Å². The summed E-state index contributed by atoms with van der Waals surface area (Å²) in [6, 6.07) is 7.96. The van der Waals surface area contributed by atoms with E-state index in [1.54, 1.807) is 42.7 Å². The molecule has 2 rings (SSSR count). The maximum Gasteiger partial charge on any atom is 0.203 e. The Kier molecular flexibility index (Phi) is 24.6. The van der Waals surface area contributed by atoms with Crippen molar-refractivity contribution in [2.24, 2.45) is 11.8 Å². The van der Waals surface area contributed by atoms with Gasteiger partial charge in [0.25, 0.3) is 0 Å². The zero-order valence-corrected chi connectivity index (χ0v) is 32.0. The molecule has 0 aliphatic rings. The Morgan fingerprint density at radius 3 is 1.13 bits per heavy atom. The number of hydrogen-bond acceptors (Lipinski definition) is 14. The third-order valence-corrected chi connectivity index (χ3v) is 8.27. The van der Waals surface area contributed by atoms with Crippen LogP contribution in [0.4, 0.5) is 0 Å². The van der Waals surface area contributed by atoms with Crippen LogP contribution >= 0.6 is 0 Å². The van der Waals surface area contributed by atoms with Gasteiger partial charge in [-0.3, -0.25) is 0 Å². The van der Waals surface area contributed by atoms with Crippen molar-refractivity contribution in [3.63, 3.8) is 0 Å². The largest absolute Gasteiger partial charge is 0.493 e. The predicted octanol–water partition coefficient (Wildman–Crippen LogP) is 3.62. The molecule has 2 atom stereocenters. The minimum Gasteiger partial charge on any atom is -0.493 e. The summed E-state index contributed by atoms with van der Waals surface area (Å²) in [5.41, 5.74) is 2.06. The van der Waals surface area contributed by atoms with Crippen molar-refractivity contribution in [2.45, 2.75) is 25.7 Å². The van der Waals surface area contributed by atoms with Crippen LogP contribution in [0.25, 0.3) is 0 Å². The Morgan fingerprint density at radius 2 is 0.769 bits per heavy atom. The van der Waals surface area contributed by atoms with Crippen molar-refractivity contribution < 1.29 is 67.1 Å². The summed E-state index contributed by atoms with van der Waals surface area (Å²) in [5, 5.41) is 17.7. The molecule has 0 amide bonds. The van der Waals surface area contributed by atoms with Gasteiger partial charge in [-0.05, 0) is 72.9 Å². The van der Waals surface area contributed by atoms with E-state index in [1.807, 2.05) is 24.3 Å². The predicted molar refractivity (Wildman–Crippen MR) is 195 cm³/mol. The van der Waals surface area contributed by atoms with E-state index < -0.39 is 0 Å². The van der Waals surface area contributed by atoms with Crippen LogP contribution in [0.2, 0.25) is 0 Å². The van der Waals surface area contributed by atoms with Gasteiger partial charge in [-0.25, -0.2) is 0 Å². The summed E-state index contributed by atoms with van der Waals surface area (Å²) >= 11 is 0. The SMILES string of the molecule is COc1cc(C[C@H](CCCOCCOCCOCCO)[C@@H](COCCOCCOCCO)Cc2cc(OC)c(OC)c(OC)c2)cc(OC)c1OC. The lowest BCUT2D eigenvalue weighted by Crippen LogP contribution is -2.26. The van der Waals surface area contributed by atoms with E-state index in [0.717, 1.165) is 24.0 Å². The van der Waals surface area contributed by atoms with Crippen molar-refractivity contribution in [1.29, 1.82) is 0 Å². The van der Waals surface area contributed by atoms with Crippen molar-refractivity contribution in [3.05, 3.63) is 35.4 Å². The molecule has 2 aromatic carbocycles. The third-order valence-electron chi connectivity index (χ3n) is 8.27. The number of methoxy groups -OCH3 is 6. The van der Waals surface area contributed by atoms with E-state index in [4.69, 9.17) is 67.1 Å². The van der Waals surface area contributed by atoms with Gasteiger partial charge in [0.1, 0.15) is 0 Å². The van der Waals surface area contributed by atoms with Gasteiger partial charge in [0.05, 0.1) is 129 Å². The molecule has 0 aliphatic heterocycles. The zero-order chi connectivity index (χ0) is 37.8. The maximum atomic E-state index is 8.89. The van der Waals surface area contributed by atoms with Crippen LogP contribution < -0.4 is 28.4 Å². The highest BCUT2D eigenvalue weighted by atomic mass is 16.6. The minimum absolute atomic E-state index is 0.00385. The molecule has 14 nitrogen and oxygen atoms in total. The molecule has 0 aliphatic carbocycles. The molecule has 0 radical (unpaired) electrons. The smallest absolute Gasteiger partial charge is 0.203 e. The number of aliphatic hydroxyl groups excluding tert-OH is 2. The van der Waals surface area contributed by atoms with Gasteiger partial charge in [-0.15, -0.1) is 0 Å². The van der Waals surface area contributed by atoms with Gasteiger partial charge in [-0.2, -0.15) is 0 Å². The molecule has 2 N–H and O–H groups in total. The standard InChI is InChI=1S/C38H62O14/c1-41-33-24-29(25-34(42-2)37(33)45-5)22-31(8-7-11-47-14-17-50-18-15-48-12-9-39)32(28-52-21-20-51-19-16-49-13-10-40)23-30-26-35(43-3)38(46-6)36(27-30)44-4/h24-27,31-32,39-40H,7-23,28H2,1-6H3/t31-,32+/m0/s1. The Bertz CT molecular complexity index is 1150. The van der Waals surface area contributed by atoms with Crippen molar-refractivity contribution in [3.8, 4) is 34.5 Å². The number of rotatable bonds is 33. The molecular formula is C38H62O14. The van der Waals surface area contributed by atoms with Crippen LogP contribution in [-0.2, 0) is 41.3 Å². The Labute approximate surface area is 309 Å². The summed E-state index contributed by atoms with van der Waals surface area (Å²) in [7, 11) is 9.63. The van der Waals surface area contributed by atoms with Gasteiger partial charge >= 0.3 is 0 Å². The monoisotopic (exact) mass is 742 g/mol. The van der Waals surface area contributed by atoms with Crippen LogP contribution in [0.3, 0.4) is 0 Å². The molecular weight excluding hydrogens is 680 g/mol. The fourth-order valence-electron chi connectivity index (χ4n) is 5.77. The van der Waals surface area contributed by atoms with E-state index in [9.17, 15) is 0 Å². The molecule has 14 heteroatoms. The second-order valence-corrected chi connectivity index (χ2v) is 11.7. The lowest BCUT2D eigenvalue weighted by atomic mass is 9.80. The zero-order valence-electron chi connectivity index (χ0n) is 32.0. The molecule has 0 unspecified atom stereocenters. The molecule has 0 saturated carbocycles. The molecule has 0 bridgehead atoms. The molecule has 0 fully saturated rings. The second-order valence-electron chi connectivity index (χ2n) is 11.7. The maximum absolute atomic E-state index is 8.89. The van der Waals surface area contributed by atoms with Gasteiger partial charge in [0.15, 0.2) is 23.0 Å². The first kappa shape index (κ1) is 45.1. The third kappa shape index (κ3) is 16.7. The van der Waals surface area contributed by atoms with Crippen molar-refractivity contribution in [2.75, 3.05) is 135 Å². The van der Waals surface area contributed by atoms with E-state index >= 15 is 0 Å². The molecule has 0 saturated heterocycles. The first-order chi connectivity index (χ1) is 25.5. The van der Waals surface area contributed by atoms with Gasteiger partial charge < -0.3 is 67.1 Å². The van der Waals surface area contributed by atoms with E-state index in [1.165, 1.54) is 0 Å². The average molecular weight is 743 g/mol. The average Bonchev–Trinajstić information content (AvgIpc) is 3.17. The molecule has 0 heterocycles. The van der Waals surface area contributed by atoms with E-state index in [-0.39, 0.29) is 31.7 Å². The first-order valence-electron chi connectivity index (χ1n) is 17.8. The van der Waals surface area contributed by atoms with Crippen molar-refractivity contribution in [1.82, 2.24) is 0 Å². The number of hydrogen-bond donors (Lipinski definition) is 2. The van der Waals surface area contributed by atoms with Crippen LogP contribution in [0, 0.1) is 11.8 Å². The summed E-state index contributed by atoms with van der Waals surface area (Å²) < 4.78 is 67.8. The van der Waals surface area contributed by atoms with Crippen LogP contribution in [0.15, 0.2) is 24.3 Å². The fourth-order valence-corrected chi connectivity index (χ4v) is 5.77. The normalized spacial score (nSPS) is 12.4. The van der Waals surface area contributed by atoms with Gasteiger partial charge in [-0.1, -0.05) is 0 Å².